The minimum absolute atomic E-state index is 0.0586. The van der Waals surface area contributed by atoms with Gasteiger partial charge in [-0.1, -0.05) is 0 Å². The Balaban J connectivity index is 1.33. The standard InChI is InChI=1S/C20H27N5O4/c1-23-7-2-4-17(23)16-12-19-24(8-3-9-25(19)22-16)20(27)6-5-18(26)21-13-15-14-28-10-11-29-15/h2,4,7,12,15H,3,5-6,8-11,13-14H2,1H3,(H,21,26). The Kier molecular flexibility index (Phi) is 5.96. The molecule has 2 aliphatic heterocycles. The molecule has 1 unspecified atom stereocenters. The molecular weight excluding hydrogens is 374 g/mol. The molecule has 0 aliphatic carbocycles. The molecule has 0 radical (unpaired) electrons. The first-order valence-electron chi connectivity index (χ1n) is 10.1. The Morgan fingerprint density at radius 2 is 2.17 bits per heavy atom. The van der Waals surface area contributed by atoms with E-state index in [0.29, 0.717) is 32.9 Å². The highest BCUT2D eigenvalue weighted by Crippen LogP contribution is 2.28. The van der Waals surface area contributed by atoms with Gasteiger partial charge in [0.1, 0.15) is 11.5 Å². The van der Waals surface area contributed by atoms with Crippen molar-refractivity contribution in [2.75, 3.05) is 37.8 Å². The van der Waals surface area contributed by atoms with Crippen LogP contribution in [-0.2, 0) is 32.7 Å². The topological polar surface area (TPSA) is 90.6 Å². The summed E-state index contributed by atoms with van der Waals surface area (Å²) in [5.74, 6) is 0.588. The van der Waals surface area contributed by atoms with Crippen LogP contribution < -0.4 is 10.2 Å². The first-order valence-corrected chi connectivity index (χ1v) is 10.1. The molecule has 4 rings (SSSR count). The Labute approximate surface area is 169 Å². The SMILES string of the molecule is Cn1cccc1-c1cc2n(n1)CCCN2C(=O)CCC(=O)NCC1COCCO1. The summed E-state index contributed by atoms with van der Waals surface area (Å²) in [6.07, 6.45) is 3.02. The number of nitrogens with one attached hydrogen (secondary N) is 1. The smallest absolute Gasteiger partial charge is 0.228 e. The monoisotopic (exact) mass is 401 g/mol. The number of anilines is 1. The lowest BCUT2D eigenvalue weighted by Gasteiger charge is -2.27. The van der Waals surface area contributed by atoms with E-state index in [2.05, 4.69) is 10.4 Å². The van der Waals surface area contributed by atoms with Gasteiger partial charge in [0.2, 0.25) is 11.8 Å². The predicted molar refractivity (Wildman–Crippen MR) is 106 cm³/mol. The fourth-order valence-corrected chi connectivity index (χ4v) is 3.71. The quantitative estimate of drug-likeness (QED) is 0.778. The predicted octanol–water partition coefficient (Wildman–Crippen LogP) is 0.937. The second kappa shape index (κ2) is 8.79. The van der Waals surface area contributed by atoms with Crippen molar-refractivity contribution < 1.29 is 19.1 Å². The second-order valence-electron chi connectivity index (χ2n) is 7.39. The zero-order valence-electron chi connectivity index (χ0n) is 16.7. The number of aromatic nitrogens is 3. The Morgan fingerprint density at radius 3 is 2.93 bits per heavy atom. The van der Waals surface area contributed by atoms with E-state index in [0.717, 1.165) is 30.2 Å². The van der Waals surface area contributed by atoms with E-state index < -0.39 is 0 Å². The summed E-state index contributed by atoms with van der Waals surface area (Å²) in [6, 6.07) is 5.93. The molecule has 9 nitrogen and oxygen atoms in total. The van der Waals surface area contributed by atoms with Crippen LogP contribution in [0.15, 0.2) is 24.4 Å². The molecule has 1 atom stereocenters. The molecule has 0 aromatic carbocycles. The first kappa shape index (κ1) is 19.7. The number of aryl methyl sites for hydroxylation is 2. The van der Waals surface area contributed by atoms with Gasteiger partial charge in [-0.2, -0.15) is 5.10 Å². The molecule has 4 heterocycles. The van der Waals surface area contributed by atoms with Gasteiger partial charge in [0.15, 0.2) is 0 Å². The van der Waals surface area contributed by atoms with E-state index in [9.17, 15) is 9.59 Å². The van der Waals surface area contributed by atoms with Gasteiger partial charge in [-0.3, -0.25) is 14.5 Å². The van der Waals surface area contributed by atoms with Crippen LogP contribution in [0.4, 0.5) is 5.82 Å². The van der Waals surface area contributed by atoms with Gasteiger partial charge in [0.25, 0.3) is 0 Å². The van der Waals surface area contributed by atoms with E-state index in [1.165, 1.54) is 0 Å². The van der Waals surface area contributed by atoms with E-state index in [1.807, 2.05) is 40.7 Å². The molecule has 9 heteroatoms. The number of hydrogen-bond acceptors (Lipinski definition) is 5. The Morgan fingerprint density at radius 1 is 1.28 bits per heavy atom. The summed E-state index contributed by atoms with van der Waals surface area (Å²) < 4.78 is 14.7. The van der Waals surface area contributed by atoms with Crippen LogP contribution in [0.1, 0.15) is 19.3 Å². The van der Waals surface area contributed by atoms with Crippen LogP contribution in [0.2, 0.25) is 0 Å². The lowest BCUT2D eigenvalue weighted by molar-refractivity contribution is -0.127. The van der Waals surface area contributed by atoms with Crippen molar-refractivity contribution in [2.45, 2.75) is 31.9 Å². The summed E-state index contributed by atoms with van der Waals surface area (Å²) in [6.45, 7) is 3.47. The third kappa shape index (κ3) is 4.51. The summed E-state index contributed by atoms with van der Waals surface area (Å²) >= 11 is 0. The average molecular weight is 401 g/mol. The molecule has 2 aromatic rings. The van der Waals surface area contributed by atoms with Gasteiger partial charge < -0.3 is 19.4 Å². The number of rotatable bonds is 6. The zero-order valence-corrected chi connectivity index (χ0v) is 16.7. The number of amides is 2. The van der Waals surface area contributed by atoms with Gasteiger partial charge in [0.05, 0.1) is 31.6 Å². The number of ether oxygens (including phenoxy) is 2. The van der Waals surface area contributed by atoms with Crippen molar-refractivity contribution >= 4 is 17.6 Å². The first-order chi connectivity index (χ1) is 14.1. The number of fused-ring (bicyclic) bond motifs is 1. The minimum Gasteiger partial charge on any atom is -0.376 e. The number of hydrogen-bond donors (Lipinski definition) is 1. The van der Waals surface area contributed by atoms with E-state index in [1.54, 1.807) is 4.90 Å². The molecule has 1 saturated heterocycles. The highest BCUT2D eigenvalue weighted by atomic mass is 16.6. The van der Waals surface area contributed by atoms with Crippen molar-refractivity contribution in [1.29, 1.82) is 0 Å². The van der Waals surface area contributed by atoms with Crippen molar-refractivity contribution in [3.05, 3.63) is 24.4 Å². The van der Waals surface area contributed by atoms with Crippen LogP contribution in [0, 0.1) is 0 Å². The van der Waals surface area contributed by atoms with E-state index >= 15 is 0 Å². The van der Waals surface area contributed by atoms with Crippen molar-refractivity contribution in [3.8, 4) is 11.4 Å². The number of nitrogens with zero attached hydrogens (tertiary/aromatic N) is 4. The van der Waals surface area contributed by atoms with Gasteiger partial charge in [-0.25, -0.2) is 4.68 Å². The average Bonchev–Trinajstić information content (AvgIpc) is 3.36. The lowest BCUT2D eigenvalue weighted by Crippen LogP contribution is -2.41. The molecule has 0 bridgehead atoms. The fourth-order valence-electron chi connectivity index (χ4n) is 3.71. The molecule has 1 fully saturated rings. The highest BCUT2D eigenvalue weighted by molar-refractivity contribution is 5.95. The summed E-state index contributed by atoms with van der Waals surface area (Å²) in [5, 5.41) is 7.48. The van der Waals surface area contributed by atoms with Crippen LogP contribution in [-0.4, -0.2) is 65.2 Å². The lowest BCUT2D eigenvalue weighted by atomic mass is 10.2. The molecule has 29 heavy (non-hydrogen) atoms. The molecule has 0 spiro atoms. The van der Waals surface area contributed by atoms with Crippen LogP contribution in [0.25, 0.3) is 11.4 Å². The normalized spacial score (nSPS) is 19.1. The summed E-state index contributed by atoms with van der Waals surface area (Å²) in [5.41, 5.74) is 1.85. The van der Waals surface area contributed by atoms with Gasteiger partial charge >= 0.3 is 0 Å². The van der Waals surface area contributed by atoms with Crippen molar-refractivity contribution in [3.63, 3.8) is 0 Å². The van der Waals surface area contributed by atoms with Gasteiger partial charge in [-0.05, 0) is 18.6 Å². The number of carbonyl (C=O) groups excluding carboxylic acids is 2. The zero-order chi connectivity index (χ0) is 20.2. The molecule has 2 aromatic heterocycles. The molecule has 2 aliphatic rings. The third-order valence-corrected chi connectivity index (χ3v) is 5.27. The Hall–Kier alpha value is -2.65. The maximum absolute atomic E-state index is 12.8. The second-order valence-corrected chi connectivity index (χ2v) is 7.39. The maximum Gasteiger partial charge on any atom is 0.228 e. The molecule has 2 amide bonds. The molecule has 1 N–H and O–H groups in total. The Bertz CT molecular complexity index is 868. The van der Waals surface area contributed by atoms with Crippen LogP contribution >= 0.6 is 0 Å². The highest BCUT2D eigenvalue weighted by Gasteiger charge is 2.26. The summed E-state index contributed by atoms with van der Waals surface area (Å²) in [7, 11) is 1.97. The van der Waals surface area contributed by atoms with E-state index in [-0.39, 0.29) is 30.8 Å². The minimum atomic E-state index is -0.150. The fraction of sp³-hybridized carbons (Fsp3) is 0.550. The molecule has 0 saturated carbocycles. The van der Waals surface area contributed by atoms with Gasteiger partial charge in [0, 0.05) is 51.8 Å². The largest absolute Gasteiger partial charge is 0.376 e. The third-order valence-electron chi connectivity index (χ3n) is 5.27. The van der Waals surface area contributed by atoms with Crippen LogP contribution in [0.5, 0.6) is 0 Å². The van der Waals surface area contributed by atoms with E-state index in [4.69, 9.17) is 9.47 Å². The summed E-state index contributed by atoms with van der Waals surface area (Å²) in [4.78, 5) is 26.7. The molecule has 156 valence electrons. The van der Waals surface area contributed by atoms with Gasteiger partial charge in [-0.15, -0.1) is 0 Å². The van der Waals surface area contributed by atoms with Crippen molar-refractivity contribution in [2.24, 2.45) is 7.05 Å². The maximum atomic E-state index is 12.8. The van der Waals surface area contributed by atoms with Crippen LogP contribution in [0.3, 0.4) is 0 Å². The number of carbonyl (C=O) groups is 2. The molecular formula is C20H27N5O4. The van der Waals surface area contributed by atoms with Crippen molar-refractivity contribution in [1.82, 2.24) is 19.7 Å².